The Morgan fingerprint density at radius 3 is 2.31 bits per heavy atom. The molecule has 2 N–H and O–H groups in total. The first kappa shape index (κ1) is 18.8. The van der Waals surface area contributed by atoms with Crippen LogP contribution in [0.4, 0.5) is 11.4 Å². The molecule has 1 heterocycles. The number of nitrogens with zero attached hydrogens (tertiary/aromatic N) is 1. The fraction of sp³-hybridized carbons (Fsp3) is 0.174. The van der Waals surface area contributed by atoms with Gasteiger partial charge in [0.25, 0.3) is 0 Å². The zero-order valence-electron chi connectivity index (χ0n) is 16.5. The molecule has 0 fully saturated rings. The highest BCUT2D eigenvalue weighted by Gasteiger charge is 2.15. The summed E-state index contributed by atoms with van der Waals surface area (Å²) in [7, 11) is 4.86. The summed E-state index contributed by atoms with van der Waals surface area (Å²) in [4.78, 5) is 4.80. The second kappa shape index (κ2) is 7.85. The number of ether oxygens (including phenoxy) is 3. The summed E-state index contributed by atoms with van der Waals surface area (Å²) in [5.41, 5.74) is 4.17. The molecule has 0 bridgehead atoms. The molecular formula is C23H22N2O4. The van der Waals surface area contributed by atoms with E-state index in [2.05, 4.69) is 5.32 Å². The number of fused-ring (bicyclic) bond motifs is 2. The number of aliphatic hydroxyl groups is 1. The maximum absolute atomic E-state index is 9.48. The Labute approximate surface area is 168 Å². The third-order valence-electron chi connectivity index (χ3n) is 4.86. The molecule has 0 unspecified atom stereocenters. The monoisotopic (exact) mass is 390 g/mol. The number of benzene rings is 3. The van der Waals surface area contributed by atoms with Crippen molar-refractivity contribution in [2.75, 3.05) is 26.6 Å². The molecule has 0 atom stereocenters. The van der Waals surface area contributed by atoms with E-state index in [1.54, 1.807) is 21.3 Å². The van der Waals surface area contributed by atoms with Gasteiger partial charge in [-0.3, -0.25) is 0 Å². The van der Waals surface area contributed by atoms with Gasteiger partial charge in [0, 0.05) is 22.5 Å². The molecule has 0 aliphatic rings. The lowest BCUT2D eigenvalue weighted by Gasteiger charge is -2.16. The molecule has 148 valence electrons. The summed E-state index contributed by atoms with van der Waals surface area (Å²) < 4.78 is 16.4. The first-order valence-electron chi connectivity index (χ1n) is 9.17. The van der Waals surface area contributed by atoms with Gasteiger partial charge in [-0.05, 0) is 42.0 Å². The zero-order chi connectivity index (χ0) is 20.4. The number of anilines is 2. The second-order valence-corrected chi connectivity index (χ2v) is 6.58. The van der Waals surface area contributed by atoms with Crippen LogP contribution in [0.3, 0.4) is 0 Å². The fourth-order valence-corrected chi connectivity index (χ4v) is 3.40. The molecule has 0 saturated heterocycles. The molecule has 29 heavy (non-hydrogen) atoms. The molecule has 1 aromatic heterocycles. The molecule has 4 aromatic rings. The predicted molar refractivity (Wildman–Crippen MR) is 115 cm³/mol. The van der Waals surface area contributed by atoms with Crippen LogP contribution in [0.25, 0.3) is 21.8 Å². The average Bonchev–Trinajstić information content (AvgIpc) is 2.77. The van der Waals surface area contributed by atoms with Crippen LogP contribution in [0, 0.1) is 0 Å². The topological polar surface area (TPSA) is 72.8 Å². The molecule has 0 aliphatic heterocycles. The van der Waals surface area contributed by atoms with E-state index >= 15 is 0 Å². The Morgan fingerprint density at radius 2 is 1.59 bits per heavy atom. The number of pyridine rings is 1. The third kappa shape index (κ3) is 3.50. The van der Waals surface area contributed by atoms with Crippen LogP contribution >= 0.6 is 0 Å². The molecule has 0 spiro atoms. The van der Waals surface area contributed by atoms with Crippen molar-refractivity contribution in [2.24, 2.45) is 0 Å². The van der Waals surface area contributed by atoms with Crippen LogP contribution in [0.5, 0.6) is 17.2 Å². The molecular weight excluding hydrogens is 368 g/mol. The van der Waals surface area contributed by atoms with Crippen molar-refractivity contribution in [1.82, 2.24) is 4.98 Å². The predicted octanol–water partition coefficient (Wildman–Crippen LogP) is 4.65. The van der Waals surface area contributed by atoms with Gasteiger partial charge >= 0.3 is 0 Å². The van der Waals surface area contributed by atoms with Crippen LogP contribution in [0.2, 0.25) is 0 Å². The van der Waals surface area contributed by atoms with Crippen molar-refractivity contribution < 1.29 is 19.3 Å². The largest absolute Gasteiger partial charge is 0.497 e. The summed E-state index contributed by atoms with van der Waals surface area (Å²) in [6.45, 7) is -0.0216. The number of methoxy groups -OCH3 is 3. The lowest BCUT2D eigenvalue weighted by atomic mass is 10.1. The number of rotatable bonds is 6. The quantitative estimate of drug-likeness (QED) is 0.467. The minimum absolute atomic E-state index is 0.0216. The molecule has 0 amide bonds. The Balaban J connectivity index is 2.01. The number of aliphatic hydroxyl groups excluding tert-OH is 1. The van der Waals surface area contributed by atoms with E-state index in [0.717, 1.165) is 44.5 Å². The Hall–Kier alpha value is -3.51. The van der Waals surface area contributed by atoms with Crippen molar-refractivity contribution in [3.8, 4) is 17.2 Å². The van der Waals surface area contributed by atoms with Gasteiger partial charge in [0.15, 0.2) is 11.5 Å². The van der Waals surface area contributed by atoms with Gasteiger partial charge in [-0.1, -0.05) is 12.1 Å². The highest BCUT2D eigenvalue weighted by atomic mass is 16.5. The van der Waals surface area contributed by atoms with Crippen molar-refractivity contribution >= 4 is 33.2 Å². The van der Waals surface area contributed by atoms with Crippen LogP contribution in [0.15, 0.2) is 54.6 Å². The van der Waals surface area contributed by atoms with Gasteiger partial charge in [-0.25, -0.2) is 4.98 Å². The minimum atomic E-state index is -0.0216. The number of hydrogen-bond donors (Lipinski definition) is 2. The van der Waals surface area contributed by atoms with E-state index < -0.39 is 0 Å². The zero-order valence-corrected chi connectivity index (χ0v) is 16.5. The smallest absolute Gasteiger partial charge is 0.162 e. The van der Waals surface area contributed by atoms with E-state index in [9.17, 15) is 5.11 Å². The normalized spacial score (nSPS) is 10.9. The maximum Gasteiger partial charge on any atom is 0.162 e. The van der Waals surface area contributed by atoms with Gasteiger partial charge in [0.05, 0.1) is 44.7 Å². The minimum Gasteiger partial charge on any atom is -0.497 e. The van der Waals surface area contributed by atoms with E-state index in [-0.39, 0.29) is 6.61 Å². The van der Waals surface area contributed by atoms with E-state index in [1.165, 1.54) is 0 Å². The molecule has 6 nitrogen and oxygen atoms in total. The number of hydrogen-bond acceptors (Lipinski definition) is 6. The first-order chi connectivity index (χ1) is 14.2. The maximum atomic E-state index is 9.48. The standard InChI is InChI=1S/C23H22N2O4/c1-27-16-7-8-19-17(10-16)23(24-15-6-4-5-14(9-15)13-26)18-11-21(28-2)22(29-3)12-20(18)25-19/h4-12,26H,13H2,1-3H3,(H,24,25). The number of nitrogens with one attached hydrogen (secondary N) is 1. The Bertz CT molecular complexity index is 1190. The van der Waals surface area contributed by atoms with Crippen molar-refractivity contribution in [2.45, 2.75) is 6.61 Å². The average molecular weight is 390 g/mol. The van der Waals surface area contributed by atoms with Crippen molar-refractivity contribution in [3.63, 3.8) is 0 Å². The van der Waals surface area contributed by atoms with Crippen molar-refractivity contribution in [1.29, 1.82) is 0 Å². The van der Waals surface area contributed by atoms with Gasteiger partial charge in [-0.15, -0.1) is 0 Å². The van der Waals surface area contributed by atoms with Crippen LogP contribution < -0.4 is 19.5 Å². The molecule has 4 rings (SSSR count). The highest BCUT2D eigenvalue weighted by Crippen LogP contribution is 2.40. The van der Waals surface area contributed by atoms with E-state index in [0.29, 0.717) is 11.5 Å². The van der Waals surface area contributed by atoms with Gasteiger partial charge < -0.3 is 24.6 Å². The van der Waals surface area contributed by atoms with Gasteiger partial charge in [0.2, 0.25) is 0 Å². The fourth-order valence-electron chi connectivity index (χ4n) is 3.40. The molecule has 0 saturated carbocycles. The summed E-state index contributed by atoms with van der Waals surface area (Å²) in [6, 6.07) is 17.2. The molecule has 3 aromatic carbocycles. The van der Waals surface area contributed by atoms with Crippen LogP contribution in [-0.4, -0.2) is 31.4 Å². The van der Waals surface area contributed by atoms with Gasteiger partial charge in [0.1, 0.15) is 5.75 Å². The van der Waals surface area contributed by atoms with Crippen LogP contribution in [0.1, 0.15) is 5.56 Å². The van der Waals surface area contributed by atoms with Crippen LogP contribution in [-0.2, 0) is 6.61 Å². The Kier molecular flexibility index (Phi) is 5.10. The summed E-state index contributed by atoms with van der Waals surface area (Å²) in [6.07, 6.45) is 0. The summed E-state index contributed by atoms with van der Waals surface area (Å²) >= 11 is 0. The van der Waals surface area contributed by atoms with Gasteiger partial charge in [-0.2, -0.15) is 0 Å². The molecule has 6 heteroatoms. The summed E-state index contributed by atoms with van der Waals surface area (Å²) in [5, 5.41) is 14.8. The van der Waals surface area contributed by atoms with Crippen molar-refractivity contribution in [3.05, 3.63) is 60.2 Å². The Morgan fingerprint density at radius 1 is 0.828 bits per heavy atom. The molecule has 0 aliphatic carbocycles. The first-order valence-corrected chi connectivity index (χ1v) is 9.17. The van der Waals surface area contributed by atoms with E-state index in [1.807, 2.05) is 54.6 Å². The SMILES string of the molecule is COc1ccc2nc3cc(OC)c(OC)cc3c(Nc3cccc(CO)c3)c2c1. The third-order valence-corrected chi connectivity index (χ3v) is 4.86. The summed E-state index contributed by atoms with van der Waals surface area (Å²) in [5.74, 6) is 1.98. The van der Waals surface area contributed by atoms with E-state index in [4.69, 9.17) is 19.2 Å². The molecule has 0 radical (unpaired) electrons. The highest BCUT2D eigenvalue weighted by molar-refractivity contribution is 6.09. The second-order valence-electron chi connectivity index (χ2n) is 6.58. The number of aromatic nitrogens is 1. The lowest BCUT2D eigenvalue weighted by Crippen LogP contribution is -1.98. The lowest BCUT2D eigenvalue weighted by molar-refractivity contribution is 0.282.